The molecule has 29 heavy (non-hydrogen) atoms. The van der Waals surface area contributed by atoms with Crippen molar-refractivity contribution in [3.05, 3.63) is 77.7 Å². The third-order valence-electron chi connectivity index (χ3n) is 5.03. The third-order valence-corrected chi connectivity index (χ3v) is 5.03. The van der Waals surface area contributed by atoms with Gasteiger partial charge in [0.25, 0.3) is 5.91 Å². The lowest BCUT2D eigenvalue weighted by atomic mass is 9.86. The molecule has 0 saturated heterocycles. The molecule has 0 unspecified atom stereocenters. The molecule has 0 bridgehead atoms. The van der Waals surface area contributed by atoms with Gasteiger partial charge in [0.15, 0.2) is 0 Å². The van der Waals surface area contributed by atoms with E-state index in [-0.39, 0.29) is 11.8 Å². The maximum Gasteiger partial charge on any atom is 0.259 e. The second-order valence-corrected chi connectivity index (χ2v) is 7.40. The van der Waals surface area contributed by atoms with Gasteiger partial charge in [-0.05, 0) is 61.4 Å². The summed E-state index contributed by atoms with van der Waals surface area (Å²) < 4.78 is 0. The zero-order chi connectivity index (χ0) is 20.4. The van der Waals surface area contributed by atoms with Crippen molar-refractivity contribution in [3.8, 4) is 0 Å². The molecule has 1 aliphatic rings. The van der Waals surface area contributed by atoms with Crippen LogP contribution >= 0.6 is 0 Å². The van der Waals surface area contributed by atoms with Gasteiger partial charge in [-0.25, -0.2) is 4.98 Å². The van der Waals surface area contributed by atoms with E-state index >= 15 is 0 Å². The molecule has 146 valence electrons. The largest absolute Gasteiger partial charge is 0.365 e. The van der Waals surface area contributed by atoms with Gasteiger partial charge < -0.3 is 16.0 Å². The second-order valence-electron chi connectivity index (χ2n) is 7.40. The monoisotopic (exact) mass is 387 g/mol. The van der Waals surface area contributed by atoms with Gasteiger partial charge in [0.2, 0.25) is 5.91 Å². The fourth-order valence-electron chi connectivity index (χ4n) is 3.29. The Kier molecular flexibility index (Phi) is 4.72. The predicted octanol–water partition coefficient (Wildman–Crippen LogP) is 3.57. The Balaban J connectivity index is 1.51. The maximum absolute atomic E-state index is 12.8. The van der Waals surface area contributed by atoms with Crippen LogP contribution in [-0.4, -0.2) is 21.8 Å². The summed E-state index contributed by atoms with van der Waals surface area (Å²) in [6.45, 7) is 4.28. The first-order chi connectivity index (χ1) is 13.9. The van der Waals surface area contributed by atoms with Gasteiger partial charge in [0.1, 0.15) is 5.82 Å². The van der Waals surface area contributed by atoms with E-state index in [2.05, 4.69) is 25.9 Å². The molecule has 7 heteroatoms. The first kappa shape index (κ1) is 18.6. The van der Waals surface area contributed by atoms with E-state index in [0.717, 1.165) is 16.8 Å². The van der Waals surface area contributed by atoms with Crippen molar-refractivity contribution in [1.82, 2.24) is 9.97 Å². The van der Waals surface area contributed by atoms with Crippen LogP contribution in [0.4, 0.5) is 17.2 Å². The minimum absolute atomic E-state index is 0.0502. The fraction of sp³-hybridized carbons (Fsp3) is 0.182. The summed E-state index contributed by atoms with van der Waals surface area (Å²) in [4.78, 5) is 33.3. The zero-order valence-electron chi connectivity index (χ0n) is 16.2. The van der Waals surface area contributed by atoms with Gasteiger partial charge in [-0.2, -0.15) is 0 Å². The molecule has 0 aliphatic carbocycles. The molecule has 2 aromatic heterocycles. The number of aromatic nitrogens is 2. The molecular weight excluding hydrogens is 366 g/mol. The Morgan fingerprint density at radius 3 is 2.69 bits per heavy atom. The molecule has 3 heterocycles. The summed E-state index contributed by atoms with van der Waals surface area (Å²) in [5.41, 5.74) is 3.14. The number of hydrogen-bond donors (Lipinski definition) is 3. The van der Waals surface area contributed by atoms with Gasteiger partial charge in [-0.1, -0.05) is 6.07 Å². The number of nitrogens with one attached hydrogen (secondary N) is 3. The highest BCUT2D eigenvalue weighted by Crippen LogP contribution is 2.38. The number of carbonyl (C=O) groups is 2. The molecule has 0 spiro atoms. The zero-order valence-corrected chi connectivity index (χ0v) is 16.2. The summed E-state index contributed by atoms with van der Waals surface area (Å²) in [6.07, 6.45) is 5.08. The predicted molar refractivity (Wildman–Crippen MR) is 112 cm³/mol. The molecule has 1 aromatic carbocycles. The van der Waals surface area contributed by atoms with E-state index in [0.29, 0.717) is 23.6 Å². The number of nitrogens with zero attached hydrogens (tertiary/aromatic N) is 2. The van der Waals surface area contributed by atoms with Crippen LogP contribution in [0, 0.1) is 0 Å². The summed E-state index contributed by atoms with van der Waals surface area (Å²) in [5, 5.41) is 8.96. The summed E-state index contributed by atoms with van der Waals surface area (Å²) in [6, 6.07) is 12.7. The molecule has 7 nitrogen and oxygen atoms in total. The van der Waals surface area contributed by atoms with Crippen molar-refractivity contribution in [2.24, 2.45) is 0 Å². The molecule has 4 rings (SSSR count). The lowest BCUT2D eigenvalue weighted by molar-refractivity contribution is -0.119. The SMILES string of the molecule is CC1(C)C(=O)Nc2cc(NC(=O)c3cccnc3NCc3ccncc3)ccc21. The number of fused-ring (bicyclic) bond motifs is 1. The number of pyridine rings is 2. The first-order valence-corrected chi connectivity index (χ1v) is 9.30. The van der Waals surface area contributed by atoms with Crippen LogP contribution in [0.15, 0.2) is 61.1 Å². The molecule has 0 atom stereocenters. The number of hydrogen-bond acceptors (Lipinski definition) is 5. The summed E-state index contributed by atoms with van der Waals surface area (Å²) >= 11 is 0. The van der Waals surface area contributed by atoms with Gasteiger partial charge in [-0.3, -0.25) is 14.6 Å². The van der Waals surface area contributed by atoms with Gasteiger partial charge in [-0.15, -0.1) is 0 Å². The van der Waals surface area contributed by atoms with E-state index in [4.69, 9.17) is 0 Å². The van der Waals surface area contributed by atoms with Crippen LogP contribution in [0.5, 0.6) is 0 Å². The van der Waals surface area contributed by atoms with E-state index in [1.165, 1.54) is 0 Å². The highest BCUT2D eigenvalue weighted by molar-refractivity contribution is 6.09. The highest BCUT2D eigenvalue weighted by Gasteiger charge is 2.38. The van der Waals surface area contributed by atoms with Crippen molar-refractivity contribution < 1.29 is 9.59 Å². The van der Waals surface area contributed by atoms with Crippen LogP contribution in [0.2, 0.25) is 0 Å². The van der Waals surface area contributed by atoms with Crippen LogP contribution < -0.4 is 16.0 Å². The average Bonchev–Trinajstić information content (AvgIpc) is 2.95. The minimum Gasteiger partial charge on any atom is -0.365 e. The van der Waals surface area contributed by atoms with Gasteiger partial charge in [0, 0.05) is 36.5 Å². The van der Waals surface area contributed by atoms with Crippen molar-refractivity contribution in [1.29, 1.82) is 0 Å². The van der Waals surface area contributed by atoms with Crippen molar-refractivity contribution in [2.75, 3.05) is 16.0 Å². The minimum atomic E-state index is -0.578. The lowest BCUT2D eigenvalue weighted by Crippen LogP contribution is -2.26. The maximum atomic E-state index is 12.8. The quantitative estimate of drug-likeness (QED) is 0.622. The highest BCUT2D eigenvalue weighted by atomic mass is 16.2. The Morgan fingerprint density at radius 2 is 1.90 bits per heavy atom. The van der Waals surface area contributed by atoms with Crippen LogP contribution in [-0.2, 0) is 16.8 Å². The van der Waals surface area contributed by atoms with Crippen molar-refractivity contribution in [2.45, 2.75) is 25.8 Å². The van der Waals surface area contributed by atoms with E-state index in [9.17, 15) is 9.59 Å². The van der Waals surface area contributed by atoms with E-state index in [1.54, 1.807) is 42.9 Å². The standard InChI is InChI=1S/C22H21N5O2/c1-22(2)17-6-5-15(12-18(17)27-21(22)29)26-20(28)16-4-3-9-24-19(16)25-13-14-7-10-23-11-8-14/h3-12H,13H2,1-2H3,(H,24,25)(H,26,28)(H,27,29). The topological polar surface area (TPSA) is 96.0 Å². The van der Waals surface area contributed by atoms with E-state index < -0.39 is 5.41 Å². The smallest absolute Gasteiger partial charge is 0.259 e. The molecule has 0 radical (unpaired) electrons. The van der Waals surface area contributed by atoms with Crippen LogP contribution in [0.3, 0.4) is 0 Å². The van der Waals surface area contributed by atoms with Crippen molar-refractivity contribution in [3.63, 3.8) is 0 Å². The van der Waals surface area contributed by atoms with Gasteiger partial charge >= 0.3 is 0 Å². The molecular formula is C22H21N5O2. The Labute approximate surface area is 168 Å². The molecule has 3 N–H and O–H groups in total. The average molecular weight is 387 g/mol. The summed E-state index contributed by atoms with van der Waals surface area (Å²) in [7, 11) is 0. The normalized spacial score (nSPS) is 14.1. The number of rotatable bonds is 5. The van der Waals surface area contributed by atoms with Crippen LogP contribution in [0.1, 0.15) is 35.3 Å². The Hall–Kier alpha value is -3.74. The van der Waals surface area contributed by atoms with Gasteiger partial charge in [0.05, 0.1) is 11.0 Å². The molecule has 0 saturated carbocycles. The molecule has 2 amide bonds. The fourth-order valence-corrected chi connectivity index (χ4v) is 3.29. The number of carbonyl (C=O) groups excluding carboxylic acids is 2. The molecule has 0 fully saturated rings. The van der Waals surface area contributed by atoms with Crippen molar-refractivity contribution >= 4 is 29.0 Å². The second kappa shape index (κ2) is 7.35. The Morgan fingerprint density at radius 1 is 1.10 bits per heavy atom. The molecule has 1 aliphatic heterocycles. The third kappa shape index (κ3) is 3.67. The number of amides is 2. The number of benzene rings is 1. The van der Waals surface area contributed by atoms with Crippen LogP contribution in [0.25, 0.3) is 0 Å². The first-order valence-electron chi connectivity index (χ1n) is 9.30. The number of anilines is 3. The lowest BCUT2D eigenvalue weighted by Gasteiger charge is -2.15. The summed E-state index contributed by atoms with van der Waals surface area (Å²) in [5.74, 6) is 0.169. The molecule has 3 aromatic rings. The van der Waals surface area contributed by atoms with E-state index in [1.807, 2.05) is 32.0 Å². The Bertz CT molecular complexity index is 1080.